The summed E-state index contributed by atoms with van der Waals surface area (Å²) in [5.74, 6) is 0.843. The molecular formula is C27H31BrN8. The number of nitrogens with zero attached hydrogens (tertiary/aromatic N) is 6. The normalized spacial score (nSPS) is 19.3. The number of H-pyrrole nitrogens is 1. The molecule has 6 rings (SSSR count). The minimum Gasteiger partial charge on any atom is -0.378 e. The van der Waals surface area contributed by atoms with E-state index in [0.29, 0.717) is 6.04 Å². The van der Waals surface area contributed by atoms with E-state index >= 15 is 0 Å². The first-order valence-electron chi connectivity index (χ1n) is 12.6. The van der Waals surface area contributed by atoms with E-state index in [1.807, 2.05) is 18.6 Å². The molecule has 0 spiro atoms. The average molecular weight is 548 g/mol. The first-order chi connectivity index (χ1) is 17.6. The average Bonchev–Trinajstić information content (AvgIpc) is 3.53. The topological polar surface area (TPSA) is 76.2 Å². The smallest absolute Gasteiger partial charge is 0.180 e. The fraction of sp³-hybridized carbons (Fsp3) is 0.370. The number of pyridine rings is 2. The predicted molar refractivity (Wildman–Crippen MR) is 148 cm³/mol. The molecule has 1 atom stereocenters. The number of halogens is 1. The number of rotatable bonds is 6. The summed E-state index contributed by atoms with van der Waals surface area (Å²) in [6.45, 7) is 7.30. The quantitative estimate of drug-likeness (QED) is 0.375. The van der Waals surface area contributed by atoms with E-state index in [4.69, 9.17) is 4.98 Å². The van der Waals surface area contributed by atoms with Crippen molar-refractivity contribution >= 4 is 38.5 Å². The van der Waals surface area contributed by atoms with Gasteiger partial charge in [0.15, 0.2) is 5.65 Å². The fourth-order valence-corrected chi connectivity index (χ4v) is 5.62. The van der Waals surface area contributed by atoms with Gasteiger partial charge in [-0.25, -0.2) is 9.97 Å². The zero-order valence-electron chi connectivity index (χ0n) is 20.5. The van der Waals surface area contributed by atoms with Crippen molar-refractivity contribution in [2.45, 2.75) is 19.0 Å². The molecule has 4 aromatic rings. The molecule has 9 heteroatoms. The Morgan fingerprint density at radius 3 is 2.53 bits per heavy atom. The van der Waals surface area contributed by atoms with E-state index in [9.17, 15) is 0 Å². The molecule has 0 unspecified atom stereocenters. The van der Waals surface area contributed by atoms with E-state index in [0.717, 1.165) is 84.9 Å². The van der Waals surface area contributed by atoms with E-state index in [1.54, 1.807) is 0 Å². The number of aromatic nitrogens is 4. The summed E-state index contributed by atoms with van der Waals surface area (Å²) in [5, 5.41) is 3.70. The second kappa shape index (κ2) is 10.2. The fourth-order valence-electron chi connectivity index (χ4n) is 5.21. The van der Waals surface area contributed by atoms with Gasteiger partial charge in [0.25, 0.3) is 0 Å². The van der Waals surface area contributed by atoms with E-state index in [-0.39, 0.29) is 0 Å². The molecule has 3 aromatic heterocycles. The van der Waals surface area contributed by atoms with Gasteiger partial charge in [-0.15, -0.1) is 0 Å². The second-order valence-electron chi connectivity index (χ2n) is 9.82. The van der Waals surface area contributed by atoms with Crippen LogP contribution in [0, 0.1) is 0 Å². The number of imidazole rings is 1. The molecule has 2 aliphatic rings. The maximum atomic E-state index is 4.80. The molecule has 36 heavy (non-hydrogen) atoms. The number of likely N-dealkylation sites (N-methyl/N-ethyl adjacent to an activating group) is 1. The summed E-state index contributed by atoms with van der Waals surface area (Å²) in [5.41, 5.74) is 6.37. The van der Waals surface area contributed by atoms with Gasteiger partial charge in [-0.1, -0.05) is 0 Å². The van der Waals surface area contributed by atoms with Gasteiger partial charge in [-0.2, -0.15) is 0 Å². The van der Waals surface area contributed by atoms with Crippen LogP contribution in [0.25, 0.3) is 22.6 Å². The third-order valence-corrected chi connectivity index (χ3v) is 7.85. The highest BCUT2D eigenvalue weighted by molar-refractivity contribution is 9.10. The molecule has 186 valence electrons. The summed E-state index contributed by atoms with van der Waals surface area (Å²) in [4.78, 5) is 24.3. The molecule has 8 nitrogen and oxygen atoms in total. The van der Waals surface area contributed by atoms with Crippen molar-refractivity contribution in [3.8, 4) is 11.4 Å². The lowest BCUT2D eigenvalue weighted by atomic mass is 10.1. The van der Waals surface area contributed by atoms with Gasteiger partial charge < -0.3 is 20.1 Å². The van der Waals surface area contributed by atoms with Crippen molar-refractivity contribution in [2.24, 2.45) is 0 Å². The Kier molecular flexibility index (Phi) is 6.60. The number of hydrogen-bond acceptors (Lipinski definition) is 7. The zero-order valence-corrected chi connectivity index (χ0v) is 22.1. The van der Waals surface area contributed by atoms with Crippen LogP contribution >= 0.6 is 15.9 Å². The van der Waals surface area contributed by atoms with Gasteiger partial charge >= 0.3 is 0 Å². The lowest BCUT2D eigenvalue weighted by Gasteiger charge is -2.36. The van der Waals surface area contributed by atoms with Gasteiger partial charge in [0, 0.05) is 75.2 Å². The minimum absolute atomic E-state index is 0.424. The Morgan fingerprint density at radius 2 is 1.81 bits per heavy atom. The molecule has 2 fully saturated rings. The first-order valence-corrected chi connectivity index (χ1v) is 13.4. The first kappa shape index (κ1) is 23.4. The number of fused-ring (bicyclic) bond motifs is 1. The van der Waals surface area contributed by atoms with E-state index in [1.165, 1.54) is 11.3 Å². The Bertz CT molecular complexity index is 1320. The van der Waals surface area contributed by atoms with Crippen molar-refractivity contribution in [1.82, 2.24) is 29.7 Å². The maximum Gasteiger partial charge on any atom is 0.180 e. The molecule has 0 amide bonds. The Balaban J connectivity index is 1.14. The predicted octanol–water partition coefficient (Wildman–Crippen LogP) is 4.22. The van der Waals surface area contributed by atoms with Gasteiger partial charge in [-0.3, -0.25) is 9.88 Å². The van der Waals surface area contributed by atoms with Gasteiger partial charge in [0.2, 0.25) is 0 Å². The number of likely N-dealkylation sites (tertiary alicyclic amines) is 1. The molecule has 2 aliphatic heterocycles. The molecule has 2 saturated heterocycles. The van der Waals surface area contributed by atoms with Crippen molar-refractivity contribution in [3.05, 3.63) is 65.0 Å². The van der Waals surface area contributed by atoms with Gasteiger partial charge in [0.1, 0.15) is 11.3 Å². The molecule has 5 heterocycles. The number of aromatic amines is 1. The number of anilines is 2. The second-order valence-corrected chi connectivity index (χ2v) is 10.7. The molecule has 0 saturated carbocycles. The van der Waals surface area contributed by atoms with Crippen LogP contribution in [-0.4, -0.2) is 82.1 Å². The highest BCUT2D eigenvalue weighted by Gasteiger charge is 2.22. The van der Waals surface area contributed by atoms with Crippen molar-refractivity contribution in [1.29, 1.82) is 0 Å². The van der Waals surface area contributed by atoms with Crippen LogP contribution < -0.4 is 10.2 Å². The third-order valence-electron chi connectivity index (χ3n) is 7.25. The van der Waals surface area contributed by atoms with Crippen LogP contribution in [0.1, 0.15) is 12.0 Å². The van der Waals surface area contributed by atoms with Crippen LogP contribution in [0.4, 0.5) is 11.4 Å². The maximum absolute atomic E-state index is 4.80. The summed E-state index contributed by atoms with van der Waals surface area (Å²) in [7, 11) is 2.17. The van der Waals surface area contributed by atoms with Crippen molar-refractivity contribution in [3.63, 3.8) is 0 Å². The van der Waals surface area contributed by atoms with E-state index < -0.39 is 0 Å². The van der Waals surface area contributed by atoms with Crippen LogP contribution in [0.5, 0.6) is 0 Å². The highest BCUT2D eigenvalue weighted by atomic mass is 79.9. The Labute approximate surface area is 219 Å². The summed E-state index contributed by atoms with van der Waals surface area (Å²) >= 11 is 3.68. The van der Waals surface area contributed by atoms with Crippen LogP contribution in [0.3, 0.4) is 0 Å². The lowest BCUT2D eigenvalue weighted by molar-refractivity contribution is 0.250. The zero-order chi connectivity index (χ0) is 24.5. The van der Waals surface area contributed by atoms with E-state index in [2.05, 4.69) is 94.3 Å². The number of benzene rings is 1. The molecule has 0 aliphatic carbocycles. The Hall–Kier alpha value is -3.01. The van der Waals surface area contributed by atoms with Crippen LogP contribution in [-0.2, 0) is 6.54 Å². The molecule has 0 bridgehead atoms. The van der Waals surface area contributed by atoms with Gasteiger partial charge in [0.05, 0.1) is 10.2 Å². The molecule has 0 radical (unpaired) electrons. The number of piperazine rings is 1. The van der Waals surface area contributed by atoms with Crippen LogP contribution in [0.2, 0.25) is 0 Å². The van der Waals surface area contributed by atoms with Crippen molar-refractivity contribution < 1.29 is 0 Å². The number of hydrogen-bond donors (Lipinski definition) is 2. The SMILES string of the molecule is CN1CC[C@H](Nc2c(Br)cnc3nc(-c4ccc(N5CCN(Cc6ccncc6)CC5)cc4)[nH]c23)C1. The lowest BCUT2D eigenvalue weighted by Crippen LogP contribution is -2.45. The Morgan fingerprint density at radius 1 is 1.03 bits per heavy atom. The summed E-state index contributed by atoms with van der Waals surface area (Å²) in [6.07, 6.45) is 6.71. The van der Waals surface area contributed by atoms with Crippen molar-refractivity contribution in [2.75, 3.05) is 56.5 Å². The summed E-state index contributed by atoms with van der Waals surface area (Å²) in [6, 6.07) is 13.4. The monoisotopic (exact) mass is 546 g/mol. The molecule has 2 N–H and O–H groups in total. The molecule has 1 aromatic carbocycles. The minimum atomic E-state index is 0.424. The largest absolute Gasteiger partial charge is 0.378 e. The molecular weight excluding hydrogens is 516 g/mol. The van der Waals surface area contributed by atoms with Crippen LogP contribution in [0.15, 0.2) is 59.5 Å². The van der Waals surface area contributed by atoms with Gasteiger partial charge in [-0.05, 0) is 77.9 Å². The highest BCUT2D eigenvalue weighted by Crippen LogP contribution is 2.32. The number of nitrogens with one attached hydrogen (secondary N) is 2. The standard InChI is InChI=1S/C27H31BrN8/c1-34-11-8-21(18-34)31-24-23(28)16-30-27-25(24)32-26(33-27)20-2-4-22(5-3-20)36-14-12-35(13-15-36)17-19-6-9-29-10-7-19/h2-7,9-10,16,21H,8,11-15,17-18H2,1H3,(H2,30,31,32,33)/t21-/m0/s1. The third kappa shape index (κ3) is 4.96. The summed E-state index contributed by atoms with van der Waals surface area (Å²) < 4.78 is 0.957.